The first-order valence-electron chi connectivity index (χ1n) is 8.48. The number of nitrogens with one attached hydrogen (secondary N) is 1. The summed E-state index contributed by atoms with van der Waals surface area (Å²) in [5.41, 5.74) is 0.750. The summed E-state index contributed by atoms with van der Waals surface area (Å²) >= 11 is 10.2. The monoisotopic (exact) mass is 450 g/mol. The molecule has 2 aromatic rings. The number of rotatable bonds is 5. The molecule has 3 N–H and O–H groups in total. The van der Waals surface area contributed by atoms with Crippen LogP contribution in [-0.2, 0) is 10.7 Å². The number of hydrogen-bond acceptors (Lipinski definition) is 6. The maximum absolute atomic E-state index is 14.2. The highest BCUT2D eigenvalue weighted by Gasteiger charge is 2.31. The van der Waals surface area contributed by atoms with Crippen LogP contribution in [0.4, 0.5) is 14.5 Å². The number of halogens is 3. The van der Waals surface area contributed by atoms with Crippen LogP contribution < -0.4 is 4.72 Å². The van der Waals surface area contributed by atoms with Gasteiger partial charge < -0.3 is 9.46 Å². The number of hydrogen-bond donors (Lipinski definition) is 4. The largest absolute Gasteiger partial charge is 0.379 e. The zero-order chi connectivity index (χ0) is 20.5. The molecule has 1 aliphatic rings. The molecular formula is C18H21ClF2N2O3S2. The predicted molar refractivity (Wildman–Crippen MR) is 113 cm³/mol. The molecule has 28 heavy (non-hydrogen) atoms. The van der Waals surface area contributed by atoms with Crippen LogP contribution in [0.5, 0.6) is 0 Å². The molecule has 0 saturated carbocycles. The zero-order valence-electron chi connectivity index (χ0n) is 15.0. The molecule has 3 rings (SSSR count). The molecule has 0 aliphatic carbocycles. The second-order valence-corrected chi connectivity index (χ2v) is 9.12. The molecule has 0 aromatic heterocycles. The van der Waals surface area contributed by atoms with E-state index in [-0.39, 0.29) is 16.1 Å². The Kier molecular flexibility index (Phi) is 6.45. The van der Waals surface area contributed by atoms with Crippen molar-refractivity contribution in [2.24, 2.45) is 0 Å². The quantitative estimate of drug-likeness (QED) is 0.438. The Balaban J connectivity index is 2.00. The minimum Gasteiger partial charge on any atom is -0.379 e. The van der Waals surface area contributed by atoms with Gasteiger partial charge in [-0.1, -0.05) is 36.5 Å². The van der Waals surface area contributed by atoms with E-state index in [1.807, 2.05) is 0 Å². The Hall–Kier alpha value is -1.07. The van der Waals surface area contributed by atoms with Gasteiger partial charge in [-0.2, -0.15) is 4.31 Å². The number of nitrogens with zero attached hydrogens (tertiary/aromatic N) is 1. The molecular weight excluding hydrogens is 430 g/mol. The molecule has 2 aromatic carbocycles. The topological polar surface area (TPSA) is 65.0 Å². The Morgan fingerprint density at radius 2 is 1.79 bits per heavy atom. The lowest BCUT2D eigenvalue weighted by Crippen LogP contribution is -2.38. The molecule has 0 atom stereocenters. The van der Waals surface area contributed by atoms with Crippen LogP contribution in [0, 0.1) is 0 Å². The normalized spacial score (nSPS) is 16.8. The van der Waals surface area contributed by atoms with Crippen molar-refractivity contribution in [2.75, 3.05) is 31.0 Å². The van der Waals surface area contributed by atoms with Crippen molar-refractivity contribution in [3.8, 4) is 11.1 Å². The Morgan fingerprint density at radius 3 is 2.32 bits per heavy atom. The van der Waals surface area contributed by atoms with Crippen molar-refractivity contribution in [1.29, 1.82) is 0 Å². The summed E-state index contributed by atoms with van der Waals surface area (Å²) in [5, 5.41) is 0.142. The summed E-state index contributed by atoms with van der Waals surface area (Å²) in [6, 6.07) is 8.98. The van der Waals surface area contributed by atoms with Gasteiger partial charge in [0.1, 0.15) is 0 Å². The van der Waals surface area contributed by atoms with Crippen LogP contribution in [0.1, 0.15) is 12.5 Å². The molecule has 10 heteroatoms. The minimum atomic E-state index is -3.17. The molecule has 1 saturated heterocycles. The van der Waals surface area contributed by atoms with Gasteiger partial charge in [0.05, 0.1) is 23.1 Å². The number of thiol groups is 1. The van der Waals surface area contributed by atoms with E-state index in [0.29, 0.717) is 42.4 Å². The van der Waals surface area contributed by atoms with Crippen LogP contribution in [0.2, 0.25) is 5.02 Å². The lowest BCUT2D eigenvalue weighted by Gasteiger charge is -2.44. The van der Waals surface area contributed by atoms with Crippen molar-refractivity contribution >= 4 is 40.9 Å². The smallest absolute Gasteiger partial charge is 0.271 e. The molecule has 1 aliphatic heterocycles. The second-order valence-electron chi connectivity index (χ2n) is 6.47. The zero-order valence-corrected chi connectivity index (χ0v) is 17.5. The molecule has 0 bridgehead atoms. The first-order valence-corrected chi connectivity index (χ1v) is 10.8. The van der Waals surface area contributed by atoms with Crippen LogP contribution in [0.15, 0.2) is 41.3 Å². The number of alkyl halides is 2. The summed E-state index contributed by atoms with van der Waals surface area (Å²) < 4.78 is 59.0. The first-order chi connectivity index (χ1) is 13.1. The summed E-state index contributed by atoms with van der Waals surface area (Å²) in [6.07, 6.45) is 0. The first kappa shape index (κ1) is 21.6. The number of morpholine rings is 1. The van der Waals surface area contributed by atoms with Gasteiger partial charge in [-0.3, -0.25) is 9.11 Å². The summed E-state index contributed by atoms with van der Waals surface area (Å²) in [5.74, 6) is -3.13. The molecule has 154 valence electrons. The Bertz CT molecular complexity index is 842. The molecule has 5 nitrogen and oxygen atoms in total. The number of anilines is 1. The summed E-state index contributed by atoms with van der Waals surface area (Å²) in [6.45, 7) is 2.45. The fraction of sp³-hybridized carbons (Fsp3) is 0.333. The van der Waals surface area contributed by atoms with Crippen molar-refractivity contribution in [1.82, 2.24) is 4.31 Å². The lowest BCUT2D eigenvalue weighted by atomic mass is 9.95. The van der Waals surface area contributed by atoms with Gasteiger partial charge in [0, 0.05) is 36.8 Å². The molecule has 1 heterocycles. The third kappa shape index (κ3) is 4.40. The van der Waals surface area contributed by atoms with Crippen LogP contribution in [0.25, 0.3) is 11.1 Å². The third-order valence-corrected chi connectivity index (χ3v) is 7.03. The highest BCUT2D eigenvalue weighted by Crippen LogP contribution is 2.52. The SMILES string of the molecule is CC(F)(F)c1cc(NS)cc(Cl)c1-c1ccc(S(O)(O)N2CCOCC2)cc1. The van der Waals surface area contributed by atoms with Crippen molar-refractivity contribution < 1.29 is 22.6 Å². The van der Waals surface area contributed by atoms with E-state index >= 15 is 0 Å². The molecule has 0 radical (unpaired) electrons. The van der Waals surface area contributed by atoms with Gasteiger partial charge in [0.2, 0.25) is 0 Å². The third-order valence-electron chi connectivity index (χ3n) is 4.48. The van der Waals surface area contributed by atoms with Gasteiger partial charge in [-0.05, 0) is 29.8 Å². The van der Waals surface area contributed by atoms with Gasteiger partial charge in [-0.15, -0.1) is 10.8 Å². The fourth-order valence-electron chi connectivity index (χ4n) is 3.07. The van der Waals surface area contributed by atoms with Crippen molar-refractivity contribution in [3.05, 3.63) is 47.0 Å². The minimum absolute atomic E-state index is 0.142. The molecule has 0 spiro atoms. The number of ether oxygens (including phenoxy) is 1. The fourth-order valence-corrected chi connectivity index (χ4v) is 4.98. The van der Waals surface area contributed by atoms with Crippen molar-refractivity contribution in [2.45, 2.75) is 17.7 Å². The van der Waals surface area contributed by atoms with E-state index in [1.165, 1.54) is 24.3 Å². The van der Waals surface area contributed by atoms with E-state index < -0.39 is 16.7 Å². The van der Waals surface area contributed by atoms with Gasteiger partial charge >= 0.3 is 0 Å². The average molecular weight is 451 g/mol. The van der Waals surface area contributed by atoms with Crippen LogP contribution in [0.3, 0.4) is 0 Å². The standard InChI is InChI=1S/C18H21ClF2N2O3S2/c1-18(20,21)15-10-13(22-27)11-16(19)17(15)12-2-4-14(5-3-12)28(24,25)23-6-8-26-9-7-23/h2-5,10-11,22,24-25,27H,6-9H2,1H3. The van der Waals surface area contributed by atoms with Crippen LogP contribution >= 0.6 is 35.2 Å². The summed E-state index contributed by atoms with van der Waals surface area (Å²) in [4.78, 5) is 0.313. The Morgan fingerprint density at radius 1 is 1.18 bits per heavy atom. The van der Waals surface area contributed by atoms with Gasteiger partial charge in [0.25, 0.3) is 5.92 Å². The maximum Gasteiger partial charge on any atom is 0.271 e. The van der Waals surface area contributed by atoms with E-state index in [1.54, 1.807) is 16.4 Å². The maximum atomic E-state index is 14.2. The van der Waals surface area contributed by atoms with Gasteiger partial charge in [-0.25, -0.2) is 8.78 Å². The Labute approximate surface area is 174 Å². The van der Waals surface area contributed by atoms with Crippen LogP contribution in [-0.4, -0.2) is 39.7 Å². The highest BCUT2D eigenvalue weighted by molar-refractivity contribution is 8.22. The van der Waals surface area contributed by atoms with E-state index in [2.05, 4.69) is 17.5 Å². The average Bonchev–Trinajstić information content (AvgIpc) is 2.67. The second kappa shape index (κ2) is 8.35. The van der Waals surface area contributed by atoms with Crippen molar-refractivity contribution in [3.63, 3.8) is 0 Å². The molecule has 1 fully saturated rings. The molecule has 0 unspecified atom stereocenters. The van der Waals surface area contributed by atoms with E-state index in [0.717, 1.165) is 6.92 Å². The predicted octanol–water partition coefficient (Wildman–Crippen LogP) is 5.73. The summed E-state index contributed by atoms with van der Waals surface area (Å²) in [7, 11) is -3.17. The lowest BCUT2D eigenvalue weighted by molar-refractivity contribution is 0.0181. The highest BCUT2D eigenvalue weighted by atomic mass is 35.5. The van der Waals surface area contributed by atoms with E-state index in [9.17, 15) is 17.9 Å². The molecule has 0 amide bonds. The van der Waals surface area contributed by atoms with Gasteiger partial charge in [0.15, 0.2) is 0 Å². The van der Waals surface area contributed by atoms with E-state index in [4.69, 9.17) is 16.3 Å². The number of benzene rings is 2.